The van der Waals surface area contributed by atoms with Gasteiger partial charge in [-0.15, -0.1) is 0 Å². The van der Waals surface area contributed by atoms with Crippen LogP contribution in [0.2, 0.25) is 0 Å². The predicted molar refractivity (Wildman–Crippen MR) is 159 cm³/mol. The van der Waals surface area contributed by atoms with E-state index in [1.54, 1.807) is 23.6 Å². The van der Waals surface area contributed by atoms with Crippen LogP contribution in [-0.4, -0.2) is 108 Å². The van der Waals surface area contributed by atoms with Gasteiger partial charge in [0.15, 0.2) is 11.0 Å². The van der Waals surface area contributed by atoms with Crippen molar-refractivity contribution in [2.24, 2.45) is 0 Å². The van der Waals surface area contributed by atoms with Crippen molar-refractivity contribution in [3.8, 4) is 22.8 Å². The summed E-state index contributed by atoms with van der Waals surface area (Å²) in [5.74, 6) is -0.128. The average Bonchev–Trinajstić information content (AvgIpc) is 3.02. The van der Waals surface area contributed by atoms with Crippen molar-refractivity contribution in [2.75, 3.05) is 65.6 Å². The van der Waals surface area contributed by atoms with Crippen LogP contribution in [0.1, 0.15) is 25.0 Å². The number of carbonyl (C=O) groups is 2. The summed E-state index contributed by atoms with van der Waals surface area (Å²) in [4.78, 5) is 45.2. The summed E-state index contributed by atoms with van der Waals surface area (Å²) in [7, 11) is 0. The number of phenols is 2. The first-order chi connectivity index (χ1) is 20.8. The molecule has 43 heavy (non-hydrogen) atoms. The van der Waals surface area contributed by atoms with E-state index in [0.29, 0.717) is 82.5 Å². The number of phenolic OH excluding ortho intramolecular Hbond substituents is 2. The molecule has 1 aromatic heterocycles. The van der Waals surface area contributed by atoms with Crippen LogP contribution in [0.3, 0.4) is 0 Å². The number of piperazine rings is 2. The van der Waals surface area contributed by atoms with Crippen LogP contribution < -0.4 is 5.43 Å². The van der Waals surface area contributed by atoms with E-state index in [0.717, 1.165) is 0 Å². The van der Waals surface area contributed by atoms with Gasteiger partial charge in [-0.25, -0.2) is 9.59 Å². The Morgan fingerprint density at radius 3 is 1.79 bits per heavy atom. The Kier molecular flexibility index (Phi) is 9.37. The van der Waals surface area contributed by atoms with E-state index in [9.17, 15) is 24.6 Å². The van der Waals surface area contributed by atoms with E-state index in [2.05, 4.69) is 4.90 Å². The molecule has 5 rings (SSSR count). The molecule has 2 amide bonds. The normalized spacial score (nSPS) is 16.4. The summed E-state index contributed by atoms with van der Waals surface area (Å²) in [6, 6.07) is 10.5. The Balaban J connectivity index is 1.48. The van der Waals surface area contributed by atoms with Crippen molar-refractivity contribution in [2.45, 2.75) is 26.9 Å². The van der Waals surface area contributed by atoms with Crippen molar-refractivity contribution in [1.82, 2.24) is 19.6 Å². The molecular formula is C31H38N4O8. The van der Waals surface area contributed by atoms with Gasteiger partial charge in [0.25, 0.3) is 0 Å². The third-order valence-corrected chi connectivity index (χ3v) is 7.93. The molecule has 0 bridgehead atoms. The lowest BCUT2D eigenvalue weighted by Gasteiger charge is -2.35. The predicted octanol–water partition coefficient (Wildman–Crippen LogP) is 3.42. The average molecular weight is 595 g/mol. The maximum absolute atomic E-state index is 13.5. The Morgan fingerprint density at radius 2 is 1.28 bits per heavy atom. The number of nitrogens with zero attached hydrogens (tertiary/aromatic N) is 4. The van der Waals surface area contributed by atoms with Crippen molar-refractivity contribution in [3.05, 3.63) is 57.7 Å². The van der Waals surface area contributed by atoms with Crippen molar-refractivity contribution < 1.29 is 33.7 Å². The number of rotatable bonds is 7. The minimum absolute atomic E-state index is 0.0119. The zero-order chi connectivity index (χ0) is 30.5. The zero-order valence-electron chi connectivity index (χ0n) is 24.6. The second-order valence-electron chi connectivity index (χ2n) is 10.6. The second-order valence-corrected chi connectivity index (χ2v) is 10.6. The largest absolute Gasteiger partial charge is 0.507 e. The SMILES string of the molecule is CCOC(=O)N1CCN(Cc2c(O)c(CN3CCN(C(=O)OCC)CC3)c3oc(-c4ccccc4)cc(=O)c3c2O)CC1. The summed E-state index contributed by atoms with van der Waals surface area (Å²) in [6.45, 7) is 8.37. The highest BCUT2D eigenvalue weighted by atomic mass is 16.6. The summed E-state index contributed by atoms with van der Waals surface area (Å²) in [5, 5.41) is 23.1. The summed E-state index contributed by atoms with van der Waals surface area (Å²) in [6.07, 6.45) is -0.723. The first-order valence-electron chi connectivity index (χ1n) is 14.7. The van der Waals surface area contributed by atoms with E-state index in [1.807, 2.05) is 35.2 Å². The van der Waals surface area contributed by atoms with Crippen LogP contribution in [0.15, 0.2) is 45.6 Å². The first kappa shape index (κ1) is 30.2. The molecule has 3 aromatic rings. The molecule has 2 saturated heterocycles. The summed E-state index contributed by atoms with van der Waals surface area (Å²) in [5.41, 5.74) is 1.03. The van der Waals surface area contributed by atoms with E-state index >= 15 is 0 Å². The molecular weight excluding hydrogens is 556 g/mol. The Hall–Kier alpha value is -4.29. The van der Waals surface area contributed by atoms with Gasteiger partial charge in [0.1, 0.15) is 22.6 Å². The number of carbonyl (C=O) groups excluding carboxylic acids is 2. The quantitative estimate of drug-likeness (QED) is 0.419. The summed E-state index contributed by atoms with van der Waals surface area (Å²) < 4.78 is 16.5. The fourth-order valence-corrected chi connectivity index (χ4v) is 5.58. The standard InChI is InChI=1S/C31H38N4O8/c1-3-41-30(39)34-14-10-32(11-15-34)19-22-27(37)23(20-33-12-16-35(17-13-33)31(40)42-4-2)29-26(28(22)38)24(36)18-25(43-29)21-8-6-5-7-9-21/h5-9,18,37-38H,3-4,10-17,19-20H2,1-2H3. The molecule has 2 aliphatic heterocycles. The van der Waals surface area contributed by atoms with Crippen LogP contribution in [0, 0.1) is 0 Å². The van der Waals surface area contributed by atoms with Crippen LogP contribution in [0.25, 0.3) is 22.3 Å². The zero-order valence-corrected chi connectivity index (χ0v) is 24.6. The molecule has 0 unspecified atom stereocenters. The van der Waals surface area contributed by atoms with E-state index in [1.165, 1.54) is 6.07 Å². The molecule has 0 spiro atoms. The number of hydrogen-bond acceptors (Lipinski definition) is 10. The van der Waals surface area contributed by atoms with Gasteiger partial charge < -0.3 is 33.9 Å². The van der Waals surface area contributed by atoms with E-state index in [-0.39, 0.29) is 53.3 Å². The highest BCUT2D eigenvalue weighted by Crippen LogP contribution is 2.41. The number of amides is 2. The molecule has 0 aliphatic carbocycles. The van der Waals surface area contributed by atoms with Crippen LogP contribution in [-0.2, 0) is 22.6 Å². The second kappa shape index (κ2) is 13.3. The fraction of sp³-hybridized carbons (Fsp3) is 0.452. The first-order valence-corrected chi connectivity index (χ1v) is 14.7. The summed E-state index contributed by atoms with van der Waals surface area (Å²) >= 11 is 0. The number of hydrogen-bond donors (Lipinski definition) is 2. The molecule has 12 nitrogen and oxygen atoms in total. The highest BCUT2D eigenvalue weighted by molar-refractivity contribution is 5.91. The van der Waals surface area contributed by atoms with Gasteiger partial charge in [-0.1, -0.05) is 30.3 Å². The van der Waals surface area contributed by atoms with Gasteiger partial charge in [0, 0.05) is 77.1 Å². The Bertz CT molecular complexity index is 1510. The van der Waals surface area contributed by atoms with Crippen molar-refractivity contribution in [3.63, 3.8) is 0 Å². The van der Waals surface area contributed by atoms with E-state index in [4.69, 9.17) is 13.9 Å². The smallest absolute Gasteiger partial charge is 0.409 e. The molecule has 0 radical (unpaired) electrons. The molecule has 2 fully saturated rings. The number of benzene rings is 2. The van der Waals surface area contributed by atoms with Crippen molar-refractivity contribution in [1.29, 1.82) is 0 Å². The molecule has 2 aliphatic rings. The molecule has 2 N–H and O–H groups in total. The van der Waals surface area contributed by atoms with Crippen LogP contribution in [0.5, 0.6) is 11.5 Å². The third kappa shape index (κ3) is 6.55. The maximum Gasteiger partial charge on any atom is 0.409 e. The lowest BCUT2D eigenvalue weighted by molar-refractivity contribution is 0.0772. The molecule has 2 aromatic carbocycles. The van der Waals surface area contributed by atoms with Crippen molar-refractivity contribution >= 4 is 23.2 Å². The number of fused-ring (bicyclic) bond motifs is 1. The number of ether oxygens (including phenoxy) is 2. The van der Waals surface area contributed by atoms with Crippen LogP contribution in [0.4, 0.5) is 9.59 Å². The lowest BCUT2D eigenvalue weighted by Crippen LogP contribution is -2.48. The maximum atomic E-state index is 13.5. The number of aromatic hydroxyl groups is 2. The van der Waals surface area contributed by atoms with Gasteiger partial charge >= 0.3 is 12.2 Å². The topological polar surface area (TPSA) is 136 Å². The minimum Gasteiger partial charge on any atom is -0.507 e. The van der Waals surface area contributed by atoms with Gasteiger partial charge in [-0.05, 0) is 13.8 Å². The monoisotopic (exact) mass is 594 g/mol. The molecule has 0 atom stereocenters. The van der Waals surface area contributed by atoms with Gasteiger partial charge in [-0.2, -0.15) is 0 Å². The fourth-order valence-electron chi connectivity index (χ4n) is 5.58. The minimum atomic E-state index is -0.417. The van der Waals surface area contributed by atoms with E-state index < -0.39 is 5.43 Å². The lowest BCUT2D eigenvalue weighted by atomic mass is 9.99. The Morgan fingerprint density at radius 1 is 0.767 bits per heavy atom. The third-order valence-electron chi connectivity index (χ3n) is 7.93. The molecule has 3 heterocycles. The molecule has 0 saturated carbocycles. The van der Waals surface area contributed by atoms with Crippen LogP contribution >= 0.6 is 0 Å². The highest BCUT2D eigenvalue weighted by Gasteiger charge is 2.30. The van der Waals surface area contributed by atoms with Gasteiger partial charge in [0.2, 0.25) is 0 Å². The Labute approximate surface area is 249 Å². The molecule has 12 heteroatoms. The van der Waals surface area contributed by atoms with Gasteiger partial charge in [0.05, 0.1) is 24.3 Å². The van der Waals surface area contributed by atoms with Gasteiger partial charge in [-0.3, -0.25) is 14.6 Å². The molecule has 230 valence electrons.